The zero-order chi connectivity index (χ0) is 25.4. The standard InChI is InChI=1S/C21H28N6O7/c1-10(28)18(20(32)25-9-17(30)26-15(21(33)34)7-16(23)29)27-19(31)13(22)6-11-8-24-14-5-3-2-4-12(11)14/h2-5,8,10,13,15,18,24,28H,6-7,9,22H2,1H3,(H2,23,29)(H,25,32)(H,26,30)(H,27,31)(H,33,34). The van der Waals surface area contributed by atoms with Crippen LogP contribution in [0.2, 0.25) is 0 Å². The van der Waals surface area contributed by atoms with E-state index in [0.717, 1.165) is 16.5 Å². The fourth-order valence-electron chi connectivity index (χ4n) is 3.22. The van der Waals surface area contributed by atoms with Crippen molar-refractivity contribution >= 4 is 40.5 Å². The van der Waals surface area contributed by atoms with E-state index in [1.165, 1.54) is 6.92 Å². The van der Waals surface area contributed by atoms with Crippen molar-refractivity contribution in [1.82, 2.24) is 20.9 Å². The number of aliphatic hydroxyl groups excluding tert-OH is 1. The monoisotopic (exact) mass is 476 g/mol. The minimum Gasteiger partial charge on any atom is -0.480 e. The third kappa shape index (κ3) is 7.28. The number of H-pyrrole nitrogens is 1. The first-order valence-electron chi connectivity index (χ1n) is 10.4. The van der Waals surface area contributed by atoms with Crippen LogP contribution in [0.4, 0.5) is 0 Å². The molecule has 0 saturated carbocycles. The Bertz CT molecular complexity index is 1070. The number of nitrogens with one attached hydrogen (secondary N) is 4. The van der Waals surface area contributed by atoms with E-state index in [-0.39, 0.29) is 6.42 Å². The summed E-state index contributed by atoms with van der Waals surface area (Å²) in [5.41, 5.74) is 12.6. The van der Waals surface area contributed by atoms with Crippen molar-refractivity contribution in [3.8, 4) is 0 Å². The fraction of sp³-hybridized carbons (Fsp3) is 0.381. The summed E-state index contributed by atoms with van der Waals surface area (Å²) in [5, 5.41) is 26.4. The molecule has 1 heterocycles. The van der Waals surface area contributed by atoms with Crippen molar-refractivity contribution in [1.29, 1.82) is 0 Å². The molecule has 4 atom stereocenters. The Morgan fingerprint density at radius 2 is 1.76 bits per heavy atom. The maximum absolute atomic E-state index is 12.6. The molecule has 0 spiro atoms. The van der Waals surface area contributed by atoms with Crippen LogP contribution in [0.5, 0.6) is 0 Å². The molecule has 4 amide bonds. The second-order valence-electron chi connectivity index (χ2n) is 7.74. The Morgan fingerprint density at radius 3 is 2.38 bits per heavy atom. The molecule has 13 heteroatoms. The van der Waals surface area contributed by atoms with E-state index in [0.29, 0.717) is 0 Å². The fourth-order valence-corrected chi connectivity index (χ4v) is 3.22. The Balaban J connectivity index is 1.93. The number of rotatable bonds is 12. The lowest BCUT2D eigenvalue weighted by atomic mass is 10.0. The van der Waals surface area contributed by atoms with E-state index in [4.69, 9.17) is 16.6 Å². The molecule has 0 saturated heterocycles. The first-order chi connectivity index (χ1) is 16.0. The van der Waals surface area contributed by atoms with E-state index in [2.05, 4.69) is 15.6 Å². The molecular weight excluding hydrogens is 448 g/mol. The number of carbonyl (C=O) groups is 5. The van der Waals surface area contributed by atoms with E-state index in [1.54, 1.807) is 6.20 Å². The van der Waals surface area contributed by atoms with Gasteiger partial charge in [-0.1, -0.05) is 18.2 Å². The van der Waals surface area contributed by atoms with Crippen molar-refractivity contribution < 1.29 is 34.2 Å². The number of aliphatic carboxylic acids is 1. The highest BCUT2D eigenvalue weighted by atomic mass is 16.4. The van der Waals surface area contributed by atoms with Crippen LogP contribution < -0.4 is 27.4 Å². The number of aromatic amines is 1. The molecule has 0 aliphatic carbocycles. The van der Waals surface area contributed by atoms with Gasteiger partial charge in [0.2, 0.25) is 23.6 Å². The highest BCUT2D eigenvalue weighted by Gasteiger charge is 2.29. The number of amides is 4. The summed E-state index contributed by atoms with van der Waals surface area (Å²) in [4.78, 5) is 62.0. The number of benzene rings is 1. The zero-order valence-corrected chi connectivity index (χ0v) is 18.4. The Labute approximate surface area is 194 Å². The minimum atomic E-state index is -1.56. The normalized spacial score (nSPS) is 14.4. The van der Waals surface area contributed by atoms with Gasteiger partial charge in [0.25, 0.3) is 0 Å². The molecule has 1 aromatic carbocycles. The highest BCUT2D eigenvalue weighted by molar-refractivity contribution is 5.94. The first kappa shape index (κ1) is 26.3. The van der Waals surface area contributed by atoms with Crippen LogP contribution >= 0.6 is 0 Å². The van der Waals surface area contributed by atoms with Crippen molar-refractivity contribution in [2.75, 3.05) is 6.54 Å². The predicted molar refractivity (Wildman–Crippen MR) is 120 cm³/mol. The maximum atomic E-state index is 12.6. The molecular formula is C21H28N6O7. The number of aromatic nitrogens is 1. The number of fused-ring (bicyclic) bond motifs is 1. The number of para-hydroxylation sites is 1. The number of carboxylic acids is 1. The van der Waals surface area contributed by atoms with Gasteiger partial charge >= 0.3 is 5.97 Å². The second kappa shape index (κ2) is 11.8. The summed E-state index contributed by atoms with van der Waals surface area (Å²) in [5.74, 6) is -4.90. The average Bonchev–Trinajstić information content (AvgIpc) is 3.17. The van der Waals surface area contributed by atoms with Crippen LogP contribution in [0.1, 0.15) is 18.9 Å². The highest BCUT2D eigenvalue weighted by Crippen LogP contribution is 2.18. The molecule has 10 N–H and O–H groups in total. The van der Waals surface area contributed by atoms with Gasteiger partial charge in [-0.2, -0.15) is 0 Å². The molecule has 2 rings (SSSR count). The average molecular weight is 476 g/mol. The summed E-state index contributed by atoms with van der Waals surface area (Å²) in [6.45, 7) is 0.602. The Hall–Kier alpha value is -3.97. The number of primary amides is 1. The van der Waals surface area contributed by atoms with Crippen molar-refractivity contribution in [2.24, 2.45) is 11.5 Å². The topological polar surface area (TPSA) is 230 Å². The summed E-state index contributed by atoms with van der Waals surface area (Å²) in [7, 11) is 0. The molecule has 184 valence electrons. The third-order valence-corrected chi connectivity index (χ3v) is 4.98. The molecule has 0 fully saturated rings. The van der Waals surface area contributed by atoms with E-state index >= 15 is 0 Å². The van der Waals surface area contributed by atoms with Crippen LogP contribution in [0.3, 0.4) is 0 Å². The van der Waals surface area contributed by atoms with Gasteiger partial charge in [0, 0.05) is 17.1 Å². The number of carboxylic acid groups (broad SMARTS) is 1. The number of hydrogen-bond acceptors (Lipinski definition) is 7. The molecule has 34 heavy (non-hydrogen) atoms. The molecule has 2 aromatic rings. The van der Waals surface area contributed by atoms with Crippen LogP contribution in [0.15, 0.2) is 30.5 Å². The smallest absolute Gasteiger partial charge is 0.326 e. The van der Waals surface area contributed by atoms with Crippen LogP contribution in [0, 0.1) is 0 Å². The quantitative estimate of drug-likeness (QED) is 0.162. The van der Waals surface area contributed by atoms with Crippen molar-refractivity contribution in [3.63, 3.8) is 0 Å². The third-order valence-electron chi connectivity index (χ3n) is 4.98. The lowest BCUT2D eigenvalue weighted by Gasteiger charge is -2.23. The lowest BCUT2D eigenvalue weighted by Crippen LogP contribution is -2.57. The summed E-state index contributed by atoms with van der Waals surface area (Å²) < 4.78 is 0. The van der Waals surface area contributed by atoms with E-state index in [1.807, 2.05) is 29.6 Å². The molecule has 0 aliphatic rings. The molecule has 0 bridgehead atoms. The van der Waals surface area contributed by atoms with Crippen LogP contribution in [-0.4, -0.2) is 75.6 Å². The Morgan fingerprint density at radius 1 is 1.09 bits per heavy atom. The number of carbonyl (C=O) groups excluding carboxylic acids is 4. The van der Waals surface area contributed by atoms with Gasteiger partial charge < -0.3 is 42.6 Å². The number of hydrogen-bond donors (Lipinski definition) is 8. The maximum Gasteiger partial charge on any atom is 0.326 e. The Kier molecular flexibility index (Phi) is 9.10. The van der Waals surface area contributed by atoms with Crippen molar-refractivity contribution in [3.05, 3.63) is 36.0 Å². The van der Waals surface area contributed by atoms with Gasteiger partial charge in [0.1, 0.15) is 12.1 Å². The minimum absolute atomic E-state index is 0.169. The lowest BCUT2D eigenvalue weighted by molar-refractivity contribution is -0.143. The SMILES string of the molecule is CC(O)C(NC(=O)C(N)Cc1c[nH]c2ccccc12)C(=O)NCC(=O)NC(CC(N)=O)C(=O)O. The zero-order valence-electron chi connectivity index (χ0n) is 18.4. The molecule has 1 aromatic heterocycles. The first-order valence-corrected chi connectivity index (χ1v) is 10.4. The summed E-state index contributed by atoms with van der Waals surface area (Å²) in [6.07, 6.45) is -0.0508. The van der Waals surface area contributed by atoms with Crippen LogP contribution in [-0.2, 0) is 30.4 Å². The molecule has 13 nitrogen and oxygen atoms in total. The molecule has 0 radical (unpaired) electrons. The van der Waals surface area contributed by atoms with Gasteiger partial charge in [-0.25, -0.2) is 4.79 Å². The van der Waals surface area contributed by atoms with Crippen LogP contribution in [0.25, 0.3) is 10.9 Å². The van der Waals surface area contributed by atoms with E-state index in [9.17, 15) is 29.1 Å². The largest absolute Gasteiger partial charge is 0.480 e. The van der Waals surface area contributed by atoms with Gasteiger partial charge in [-0.15, -0.1) is 0 Å². The van der Waals surface area contributed by atoms with Gasteiger partial charge in [-0.05, 0) is 25.0 Å². The summed E-state index contributed by atoms with van der Waals surface area (Å²) in [6, 6.07) is 3.46. The van der Waals surface area contributed by atoms with E-state index < -0.39 is 66.8 Å². The molecule has 0 aliphatic heterocycles. The number of aliphatic hydroxyl groups is 1. The number of nitrogens with two attached hydrogens (primary N) is 2. The molecule has 4 unspecified atom stereocenters. The van der Waals surface area contributed by atoms with Gasteiger partial charge in [-0.3, -0.25) is 19.2 Å². The second-order valence-corrected chi connectivity index (χ2v) is 7.74. The summed E-state index contributed by atoms with van der Waals surface area (Å²) >= 11 is 0. The van der Waals surface area contributed by atoms with Crippen molar-refractivity contribution in [2.45, 2.75) is 44.0 Å². The van der Waals surface area contributed by atoms with Gasteiger partial charge in [0.15, 0.2) is 0 Å². The predicted octanol–water partition coefficient (Wildman–Crippen LogP) is -2.54. The van der Waals surface area contributed by atoms with Gasteiger partial charge in [0.05, 0.1) is 25.1 Å².